The molecule has 2 rings (SSSR count). The molecule has 0 aromatic rings. The molecule has 2 aliphatic heterocycles. The van der Waals surface area contributed by atoms with Crippen molar-refractivity contribution in [2.24, 2.45) is 10.2 Å². The molecule has 0 radical (unpaired) electrons. The van der Waals surface area contributed by atoms with Gasteiger partial charge in [-0.25, -0.2) is 0 Å². The van der Waals surface area contributed by atoms with Crippen LogP contribution in [0.3, 0.4) is 0 Å². The molecular weight excluding hydrogens is 156 g/mol. The number of nitrogens with zero attached hydrogens (tertiary/aromatic N) is 2. The van der Waals surface area contributed by atoms with Gasteiger partial charge in [0.1, 0.15) is 0 Å². The molecule has 0 aromatic heterocycles. The van der Waals surface area contributed by atoms with E-state index in [9.17, 15) is 0 Å². The lowest BCUT2D eigenvalue weighted by Gasteiger charge is -2.17. The van der Waals surface area contributed by atoms with Gasteiger partial charge in [-0.05, 0) is 23.5 Å². The van der Waals surface area contributed by atoms with Gasteiger partial charge in [-0.2, -0.15) is 10.2 Å². The topological polar surface area (TPSA) is 48.8 Å². The highest BCUT2D eigenvalue weighted by molar-refractivity contribution is 8.29. The Morgan fingerprint density at radius 1 is 1.11 bits per heavy atom. The van der Waals surface area contributed by atoms with Crippen LogP contribution in [0, 0.1) is 0 Å². The SMILES string of the molecule is C1=NNC2(NN=CS2)S1. The van der Waals surface area contributed by atoms with Crippen LogP contribution in [0.2, 0.25) is 0 Å². The predicted molar refractivity (Wildman–Crippen MR) is 41.2 cm³/mol. The van der Waals surface area contributed by atoms with E-state index in [1.165, 1.54) is 0 Å². The van der Waals surface area contributed by atoms with Crippen molar-refractivity contribution < 1.29 is 0 Å². The van der Waals surface area contributed by atoms with Crippen molar-refractivity contribution in [1.82, 2.24) is 10.9 Å². The van der Waals surface area contributed by atoms with Crippen LogP contribution in [0.25, 0.3) is 0 Å². The van der Waals surface area contributed by atoms with Crippen molar-refractivity contribution in [3.63, 3.8) is 0 Å². The van der Waals surface area contributed by atoms with Crippen LogP contribution in [0.1, 0.15) is 0 Å². The summed E-state index contributed by atoms with van der Waals surface area (Å²) in [5, 5.41) is 7.69. The fourth-order valence-electron chi connectivity index (χ4n) is 0.582. The lowest BCUT2D eigenvalue weighted by atomic mass is 11.1. The monoisotopic (exact) mass is 160 g/mol. The maximum absolute atomic E-state index is 3.84. The molecule has 0 amide bonds. The molecule has 0 bridgehead atoms. The summed E-state index contributed by atoms with van der Waals surface area (Å²) < 4.78 is -0.222. The summed E-state index contributed by atoms with van der Waals surface area (Å²) in [6.07, 6.45) is 0. The maximum atomic E-state index is 3.84. The third-order valence-electron chi connectivity index (χ3n) is 0.966. The number of hydrazone groups is 2. The molecule has 4 nitrogen and oxygen atoms in total. The Balaban J connectivity index is 2.11. The van der Waals surface area contributed by atoms with E-state index >= 15 is 0 Å². The average Bonchev–Trinajstić information content (AvgIpc) is 2.45. The molecule has 0 aliphatic carbocycles. The zero-order valence-corrected chi connectivity index (χ0v) is 6.00. The van der Waals surface area contributed by atoms with Gasteiger partial charge in [-0.1, -0.05) is 0 Å². The van der Waals surface area contributed by atoms with E-state index in [0.717, 1.165) is 0 Å². The normalized spacial score (nSPS) is 26.7. The zero-order chi connectivity index (χ0) is 6.16. The Bertz CT molecular complexity index is 137. The highest BCUT2D eigenvalue weighted by Gasteiger charge is 2.35. The molecule has 0 unspecified atom stereocenters. The molecule has 9 heavy (non-hydrogen) atoms. The number of hydrogen-bond acceptors (Lipinski definition) is 6. The van der Waals surface area contributed by atoms with Crippen LogP contribution in [0.15, 0.2) is 10.2 Å². The number of hydrogen-bond donors (Lipinski definition) is 2. The molecule has 1 spiro atoms. The molecule has 2 heterocycles. The summed E-state index contributed by atoms with van der Waals surface area (Å²) in [5.41, 5.74) is 9.30. The van der Waals surface area contributed by atoms with Gasteiger partial charge in [-0.15, -0.1) is 0 Å². The second kappa shape index (κ2) is 1.81. The first-order chi connectivity index (χ1) is 4.41. The van der Waals surface area contributed by atoms with E-state index in [4.69, 9.17) is 0 Å². The van der Waals surface area contributed by atoms with Crippen molar-refractivity contribution in [1.29, 1.82) is 0 Å². The summed E-state index contributed by atoms with van der Waals surface area (Å²) in [7, 11) is 0. The fourth-order valence-corrected chi connectivity index (χ4v) is 1.99. The van der Waals surface area contributed by atoms with Crippen LogP contribution < -0.4 is 10.9 Å². The van der Waals surface area contributed by atoms with Crippen molar-refractivity contribution in [2.75, 3.05) is 0 Å². The van der Waals surface area contributed by atoms with Crippen LogP contribution >= 0.6 is 23.5 Å². The van der Waals surface area contributed by atoms with Gasteiger partial charge in [0, 0.05) is 0 Å². The van der Waals surface area contributed by atoms with Crippen LogP contribution in [0.5, 0.6) is 0 Å². The molecule has 0 fully saturated rings. The summed E-state index contributed by atoms with van der Waals surface area (Å²) in [6.45, 7) is 0. The van der Waals surface area contributed by atoms with Crippen LogP contribution in [0.4, 0.5) is 0 Å². The van der Waals surface area contributed by atoms with E-state index in [2.05, 4.69) is 21.1 Å². The first kappa shape index (κ1) is 5.43. The third-order valence-corrected chi connectivity index (χ3v) is 2.99. The highest BCUT2D eigenvalue weighted by Crippen LogP contribution is 2.34. The van der Waals surface area contributed by atoms with Gasteiger partial charge in [0.2, 0.25) is 4.33 Å². The molecule has 0 saturated carbocycles. The molecule has 0 atom stereocenters. The largest absolute Gasteiger partial charge is 0.264 e. The highest BCUT2D eigenvalue weighted by atomic mass is 32.2. The first-order valence-electron chi connectivity index (χ1n) is 2.34. The van der Waals surface area contributed by atoms with Gasteiger partial charge >= 0.3 is 0 Å². The zero-order valence-electron chi connectivity index (χ0n) is 4.37. The standard InChI is InChI=1S/C3H4N4S2/c1-4-6-3(8-1)7-5-2-9-3/h1-2,6-7H. The van der Waals surface area contributed by atoms with Crippen molar-refractivity contribution in [3.8, 4) is 0 Å². The molecule has 6 heteroatoms. The third kappa shape index (κ3) is 0.781. The van der Waals surface area contributed by atoms with Gasteiger partial charge in [0.15, 0.2) is 0 Å². The molecule has 48 valence electrons. The Morgan fingerprint density at radius 3 is 2.00 bits per heavy atom. The second-order valence-corrected chi connectivity index (χ2v) is 3.92. The quantitative estimate of drug-likeness (QED) is 0.530. The second-order valence-electron chi connectivity index (χ2n) is 1.54. The van der Waals surface area contributed by atoms with Gasteiger partial charge < -0.3 is 0 Å². The molecule has 2 N–H and O–H groups in total. The van der Waals surface area contributed by atoms with Crippen molar-refractivity contribution in [2.45, 2.75) is 4.33 Å². The number of nitrogens with one attached hydrogen (secondary N) is 2. The van der Waals surface area contributed by atoms with Crippen LogP contribution in [-0.2, 0) is 0 Å². The first-order valence-corrected chi connectivity index (χ1v) is 4.10. The van der Waals surface area contributed by atoms with E-state index in [-0.39, 0.29) is 4.33 Å². The minimum absolute atomic E-state index is 0.222. The van der Waals surface area contributed by atoms with Crippen molar-refractivity contribution in [3.05, 3.63) is 0 Å². The fraction of sp³-hybridized carbons (Fsp3) is 0.333. The van der Waals surface area contributed by atoms with E-state index in [0.29, 0.717) is 0 Å². The predicted octanol–water partition coefficient (Wildman–Crippen LogP) is 0.157. The van der Waals surface area contributed by atoms with E-state index in [1.54, 1.807) is 34.6 Å². The van der Waals surface area contributed by atoms with E-state index < -0.39 is 0 Å². The van der Waals surface area contributed by atoms with Gasteiger partial charge in [-0.3, -0.25) is 10.9 Å². The Morgan fingerprint density at radius 2 is 1.67 bits per heavy atom. The lowest BCUT2D eigenvalue weighted by Crippen LogP contribution is -2.40. The maximum Gasteiger partial charge on any atom is 0.246 e. The summed E-state index contributed by atoms with van der Waals surface area (Å²) in [4.78, 5) is 0. The van der Waals surface area contributed by atoms with Gasteiger partial charge in [0.05, 0.1) is 11.1 Å². The Labute approximate surface area is 60.5 Å². The number of rotatable bonds is 0. The summed E-state index contributed by atoms with van der Waals surface area (Å²) >= 11 is 3.15. The molecular formula is C3H4N4S2. The summed E-state index contributed by atoms with van der Waals surface area (Å²) in [5.74, 6) is 0. The molecule has 2 aliphatic rings. The minimum Gasteiger partial charge on any atom is -0.264 e. The lowest BCUT2D eigenvalue weighted by molar-refractivity contribution is 0.563. The smallest absolute Gasteiger partial charge is 0.246 e. The minimum atomic E-state index is -0.222. The van der Waals surface area contributed by atoms with Crippen molar-refractivity contribution >= 4 is 34.6 Å². The Hall–Kier alpha value is -0.360. The average molecular weight is 160 g/mol. The number of thioether (sulfide) groups is 2. The van der Waals surface area contributed by atoms with E-state index in [1.807, 2.05) is 0 Å². The van der Waals surface area contributed by atoms with Crippen LogP contribution in [-0.4, -0.2) is 15.4 Å². The molecule has 0 aromatic carbocycles. The molecule has 0 saturated heterocycles. The summed E-state index contributed by atoms with van der Waals surface area (Å²) in [6, 6.07) is 0. The van der Waals surface area contributed by atoms with Gasteiger partial charge in [0.25, 0.3) is 0 Å². The Kier molecular flexibility index (Phi) is 1.09.